The largest absolute Gasteiger partial charge is 0.0683 e. The van der Waals surface area contributed by atoms with Crippen molar-refractivity contribution in [2.45, 2.75) is 63.5 Å². The fourth-order valence-corrected chi connectivity index (χ4v) is 5.03. The maximum Gasteiger partial charge on any atom is 0.0268 e. The zero-order valence-electron chi connectivity index (χ0n) is 8.16. The van der Waals surface area contributed by atoms with Crippen LogP contribution in [0.2, 0.25) is 11.1 Å². The van der Waals surface area contributed by atoms with Crippen molar-refractivity contribution >= 4 is 9.52 Å². The highest BCUT2D eigenvalue weighted by molar-refractivity contribution is 6.39. The minimum absolute atomic E-state index is 0.269. The molecule has 11 heavy (non-hydrogen) atoms. The predicted octanol–water partition coefficient (Wildman–Crippen LogP) is 3.13. The van der Waals surface area contributed by atoms with Crippen LogP contribution in [0, 0.1) is 0 Å². The predicted molar refractivity (Wildman–Crippen MR) is 55.1 cm³/mol. The molecule has 0 bridgehead atoms. The molecule has 1 saturated carbocycles. The van der Waals surface area contributed by atoms with E-state index in [1.165, 1.54) is 31.7 Å². The third kappa shape index (κ3) is 2.33. The lowest BCUT2D eigenvalue weighted by Crippen LogP contribution is -2.22. The van der Waals surface area contributed by atoms with Crippen LogP contribution in [0.15, 0.2) is 0 Å². The molecular formula is C10H22Si. The highest BCUT2D eigenvalue weighted by Gasteiger charge is 2.28. The molecule has 0 spiro atoms. The van der Waals surface area contributed by atoms with E-state index in [1.807, 2.05) is 0 Å². The summed E-state index contributed by atoms with van der Waals surface area (Å²) in [5, 5.41) is 0.910. The fourth-order valence-electron chi connectivity index (χ4n) is 2.61. The van der Waals surface area contributed by atoms with E-state index in [9.17, 15) is 0 Å². The molecule has 0 radical (unpaired) electrons. The van der Waals surface area contributed by atoms with E-state index in [1.54, 1.807) is 12.8 Å². The van der Waals surface area contributed by atoms with E-state index < -0.39 is 0 Å². The van der Waals surface area contributed by atoms with Crippen molar-refractivity contribution in [2.75, 3.05) is 0 Å². The first-order valence-corrected chi connectivity index (χ1v) is 7.04. The van der Waals surface area contributed by atoms with Gasteiger partial charge in [-0.25, -0.2) is 0 Å². The Labute approximate surface area is 73.6 Å². The Bertz CT molecular complexity index is 97.9. The van der Waals surface area contributed by atoms with E-state index >= 15 is 0 Å². The second kappa shape index (κ2) is 4.29. The van der Waals surface area contributed by atoms with Gasteiger partial charge in [0.1, 0.15) is 0 Å². The highest BCUT2D eigenvalue weighted by atomic mass is 28.2. The van der Waals surface area contributed by atoms with Crippen molar-refractivity contribution in [3.8, 4) is 0 Å². The lowest BCUT2D eigenvalue weighted by molar-refractivity contribution is 0.364. The minimum atomic E-state index is 0.269. The van der Waals surface area contributed by atoms with Crippen molar-refractivity contribution in [1.82, 2.24) is 0 Å². The van der Waals surface area contributed by atoms with E-state index in [0.29, 0.717) is 0 Å². The summed E-state index contributed by atoms with van der Waals surface area (Å²) in [6, 6.07) is 1.52. The van der Waals surface area contributed by atoms with Gasteiger partial charge < -0.3 is 0 Å². The molecule has 0 saturated heterocycles. The fraction of sp³-hybridized carbons (Fsp3) is 1.00. The van der Waals surface area contributed by atoms with Gasteiger partial charge >= 0.3 is 0 Å². The molecular weight excluding hydrogens is 148 g/mol. The molecule has 0 N–H and O–H groups in total. The first-order chi connectivity index (χ1) is 5.33. The maximum absolute atomic E-state index is 2.41. The summed E-state index contributed by atoms with van der Waals surface area (Å²) in [4.78, 5) is 0. The monoisotopic (exact) mass is 170 g/mol. The topological polar surface area (TPSA) is 0 Å². The summed E-state index contributed by atoms with van der Waals surface area (Å²) in [7, 11) is 0.269. The quantitative estimate of drug-likeness (QED) is 0.571. The highest BCUT2D eigenvalue weighted by Crippen LogP contribution is 2.45. The van der Waals surface area contributed by atoms with Crippen molar-refractivity contribution in [1.29, 1.82) is 0 Å². The lowest BCUT2D eigenvalue weighted by Gasteiger charge is -2.36. The van der Waals surface area contributed by atoms with Gasteiger partial charge in [0, 0.05) is 9.52 Å². The van der Waals surface area contributed by atoms with E-state index in [2.05, 4.69) is 13.8 Å². The van der Waals surface area contributed by atoms with E-state index in [0.717, 1.165) is 5.04 Å². The smallest absolute Gasteiger partial charge is 0.0268 e. The van der Waals surface area contributed by atoms with Gasteiger partial charge in [-0.15, -0.1) is 0 Å². The van der Waals surface area contributed by atoms with Gasteiger partial charge in [0.05, 0.1) is 0 Å². The molecule has 0 aromatic rings. The van der Waals surface area contributed by atoms with E-state index in [4.69, 9.17) is 0 Å². The normalized spacial score (nSPS) is 24.5. The van der Waals surface area contributed by atoms with Crippen LogP contribution in [-0.2, 0) is 0 Å². The number of hydrogen-bond acceptors (Lipinski definition) is 0. The Kier molecular flexibility index (Phi) is 3.63. The molecule has 1 heteroatoms. The molecule has 0 amide bonds. The molecule has 0 nitrogen and oxygen atoms in total. The van der Waals surface area contributed by atoms with Crippen molar-refractivity contribution < 1.29 is 0 Å². The molecule has 0 aromatic heterocycles. The Hall–Kier alpha value is 0.217. The van der Waals surface area contributed by atoms with Crippen LogP contribution >= 0.6 is 0 Å². The number of rotatable bonds is 3. The average Bonchev–Trinajstić information content (AvgIpc) is 2.07. The Morgan fingerprint density at radius 3 is 2.18 bits per heavy atom. The standard InChI is InChI=1S/C10H22Si/c1-3-10(11-4-2)8-6-5-7-9-10/h3-9,11H2,1-2H3. The Balaban J connectivity index is 2.42. The summed E-state index contributed by atoms with van der Waals surface area (Å²) in [5.74, 6) is 0. The first kappa shape index (κ1) is 9.31. The van der Waals surface area contributed by atoms with Crippen LogP contribution < -0.4 is 0 Å². The van der Waals surface area contributed by atoms with Crippen molar-refractivity contribution in [2.24, 2.45) is 0 Å². The van der Waals surface area contributed by atoms with Gasteiger partial charge in [-0.1, -0.05) is 58.4 Å². The van der Waals surface area contributed by atoms with Crippen LogP contribution in [-0.4, -0.2) is 9.52 Å². The van der Waals surface area contributed by atoms with Crippen LogP contribution in [0.4, 0.5) is 0 Å². The molecule has 0 atom stereocenters. The summed E-state index contributed by atoms with van der Waals surface area (Å²) < 4.78 is 0. The third-order valence-corrected chi connectivity index (χ3v) is 6.21. The molecule has 1 aliphatic rings. The second-order valence-electron chi connectivity index (χ2n) is 4.16. The Morgan fingerprint density at radius 2 is 1.73 bits per heavy atom. The molecule has 0 unspecified atom stereocenters. The average molecular weight is 170 g/mol. The van der Waals surface area contributed by atoms with Crippen LogP contribution in [0.5, 0.6) is 0 Å². The molecule has 0 aliphatic heterocycles. The summed E-state index contributed by atoms with van der Waals surface area (Å²) >= 11 is 0. The first-order valence-electron chi connectivity index (χ1n) is 5.33. The van der Waals surface area contributed by atoms with Gasteiger partial charge in [-0.05, 0) is 5.04 Å². The third-order valence-electron chi connectivity index (χ3n) is 3.44. The maximum atomic E-state index is 2.41. The molecule has 66 valence electrons. The van der Waals surface area contributed by atoms with Gasteiger partial charge in [0.15, 0.2) is 0 Å². The lowest BCUT2D eigenvalue weighted by atomic mass is 9.86. The minimum Gasteiger partial charge on any atom is -0.0683 e. The van der Waals surface area contributed by atoms with Crippen LogP contribution in [0.25, 0.3) is 0 Å². The molecule has 1 rings (SSSR count). The zero-order valence-corrected chi connectivity index (χ0v) is 9.57. The van der Waals surface area contributed by atoms with E-state index in [-0.39, 0.29) is 9.52 Å². The summed E-state index contributed by atoms with van der Waals surface area (Å²) in [6.07, 6.45) is 9.20. The molecule has 1 aliphatic carbocycles. The molecule has 1 fully saturated rings. The van der Waals surface area contributed by atoms with Gasteiger partial charge in [0.2, 0.25) is 0 Å². The second-order valence-corrected chi connectivity index (χ2v) is 7.16. The summed E-state index contributed by atoms with van der Waals surface area (Å²) in [5.41, 5.74) is 0. The number of hydrogen-bond donors (Lipinski definition) is 0. The van der Waals surface area contributed by atoms with Gasteiger partial charge in [-0.3, -0.25) is 0 Å². The Morgan fingerprint density at radius 1 is 1.09 bits per heavy atom. The van der Waals surface area contributed by atoms with Gasteiger partial charge in [-0.2, -0.15) is 0 Å². The SMILES string of the molecule is CC[SiH2]C1(CC)CCCCC1. The molecule has 0 aromatic carbocycles. The van der Waals surface area contributed by atoms with Crippen molar-refractivity contribution in [3.63, 3.8) is 0 Å². The van der Waals surface area contributed by atoms with Crippen LogP contribution in [0.1, 0.15) is 52.4 Å². The molecule has 0 heterocycles. The van der Waals surface area contributed by atoms with Gasteiger partial charge in [0.25, 0.3) is 0 Å². The summed E-state index contributed by atoms with van der Waals surface area (Å²) in [6.45, 7) is 4.80. The van der Waals surface area contributed by atoms with Crippen molar-refractivity contribution in [3.05, 3.63) is 0 Å². The zero-order chi connectivity index (χ0) is 8.16. The van der Waals surface area contributed by atoms with Crippen LogP contribution in [0.3, 0.4) is 0 Å².